The van der Waals surface area contributed by atoms with Crippen molar-refractivity contribution in [1.29, 1.82) is 0 Å². The first-order valence-electron chi connectivity index (χ1n) is 6.44. The van der Waals surface area contributed by atoms with E-state index in [4.69, 9.17) is 9.78 Å². The van der Waals surface area contributed by atoms with Crippen LogP contribution in [0.5, 0.6) is 0 Å². The third-order valence-corrected chi connectivity index (χ3v) is 3.52. The minimum atomic E-state index is -0.308. The van der Waals surface area contributed by atoms with Gasteiger partial charge in [0.1, 0.15) is 0 Å². The van der Waals surface area contributed by atoms with Crippen LogP contribution in [0.3, 0.4) is 0 Å². The van der Waals surface area contributed by atoms with Gasteiger partial charge >= 0.3 is 6.09 Å². The Bertz CT molecular complexity index is 220. The van der Waals surface area contributed by atoms with Crippen LogP contribution in [0.25, 0.3) is 0 Å². The number of amides is 1. The number of nitrogens with zero attached hydrogens (tertiary/aromatic N) is 1. The molecule has 0 unspecified atom stereocenters. The lowest BCUT2D eigenvalue weighted by Crippen LogP contribution is -2.36. The first kappa shape index (κ1) is 11.7. The normalized spacial score (nSPS) is 22.4. The molecular formula is C12H21NO3. The van der Waals surface area contributed by atoms with E-state index in [1.807, 2.05) is 0 Å². The second kappa shape index (κ2) is 6.09. The number of hydrogen-bond donors (Lipinski definition) is 0. The van der Waals surface area contributed by atoms with Crippen molar-refractivity contribution in [3.8, 4) is 0 Å². The Labute approximate surface area is 96.8 Å². The lowest BCUT2D eigenvalue weighted by molar-refractivity contribution is -0.253. The molecule has 0 N–H and O–H groups in total. The highest BCUT2D eigenvalue weighted by molar-refractivity contribution is 5.66. The fourth-order valence-corrected chi connectivity index (χ4v) is 2.49. The number of rotatable bonds is 3. The molecule has 1 heterocycles. The summed E-state index contributed by atoms with van der Waals surface area (Å²) in [6.07, 6.45) is 8.06. The van der Waals surface area contributed by atoms with E-state index in [2.05, 4.69) is 0 Å². The molecule has 4 heteroatoms. The van der Waals surface area contributed by atoms with Crippen molar-refractivity contribution < 1.29 is 14.6 Å². The minimum absolute atomic E-state index is 0.308. The monoisotopic (exact) mass is 227 g/mol. The van der Waals surface area contributed by atoms with Crippen LogP contribution in [0.15, 0.2) is 0 Å². The standard InChI is InChI=1S/C12H21NO3/c14-12(13-8-4-1-5-9-13)16-15-10-11-6-2-3-7-11/h11H,1-10H2. The maximum atomic E-state index is 11.6. The molecule has 1 aliphatic carbocycles. The second-order valence-electron chi connectivity index (χ2n) is 4.83. The zero-order valence-electron chi connectivity index (χ0n) is 9.82. The number of hydrogen-bond acceptors (Lipinski definition) is 3. The summed E-state index contributed by atoms with van der Waals surface area (Å²) in [5.41, 5.74) is 0. The van der Waals surface area contributed by atoms with Gasteiger partial charge in [0, 0.05) is 13.1 Å². The molecule has 1 amide bonds. The van der Waals surface area contributed by atoms with Crippen LogP contribution >= 0.6 is 0 Å². The van der Waals surface area contributed by atoms with Gasteiger partial charge in [0.05, 0.1) is 6.61 Å². The Kier molecular flexibility index (Phi) is 4.45. The van der Waals surface area contributed by atoms with Gasteiger partial charge in [-0.05, 0) is 38.0 Å². The van der Waals surface area contributed by atoms with Gasteiger partial charge in [-0.3, -0.25) is 4.89 Å². The van der Waals surface area contributed by atoms with Gasteiger partial charge < -0.3 is 4.90 Å². The molecule has 16 heavy (non-hydrogen) atoms. The molecule has 1 saturated carbocycles. The van der Waals surface area contributed by atoms with Crippen molar-refractivity contribution >= 4 is 6.09 Å². The van der Waals surface area contributed by atoms with Crippen molar-refractivity contribution in [3.05, 3.63) is 0 Å². The van der Waals surface area contributed by atoms with Crippen LogP contribution in [0.4, 0.5) is 4.79 Å². The van der Waals surface area contributed by atoms with Gasteiger partial charge in [-0.2, -0.15) is 4.89 Å². The highest BCUT2D eigenvalue weighted by Crippen LogP contribution is 2.24. The molecule has 0 bridgehead atoms. The Balaban J connectivity index is 1.59. The molecule has 0 radical (unpaired) electrons. The van der Waals surface area contributed by atoms with Gasteiger partial charge in [-0.15, -0.1) is 0 Å². The Morgan fingerprint density at radius 2 is 1.75 bits per heavy atom. The van der Waals surface area contributed by atoms with Crippen LogP contribution in [0.1, 0.15) is 44.9 Å². The number of likely N-dealkylation sites (tertiary alicyclic amines) is 1. The van der Waals surface area contributed by atoms with E-state index in [0.29, 0.717) is 12.5 Å². The van der Waals surface area contributed by atoms with Crippen molar-refractivity contribution in [2.45, 2.75) is 44.9 Å². The summed E-state index contributed by atoms with van der Waals surface area (Å²) in [6, 6.07) is 0. The van der Waals surface area contributed by atoms with Crippen LogP contribution in [0.2, 0.25) is 0 Å². The largest absolute Gasteiger partial charge is 0.441 e. The molecule has 2 rings (SSSR count). The Hall–Kier alpha value is -0.770. The van der Waals surface area contributed by atoms with Gasteiger partial charge in [-0.25, -0.2) is 4.79 Å². The summed E-state index contributed by atoms with van der Waals surface area (Å²) < 4.78 is 0. The van der Waals surface area contributed by atoms with E-state index in [1.165, 1.54) is 32.1 Å². The molecule has 2 fully saturated rings. The van der Waals surface area contributed by atoms with Crippen LogP contribution in [0, 0.1) is 5.92 Å². The first-order valence-corrected chi connectivity index (χ1v) is 6.44. The highest BCUT2D eigenvalue weighted by atomic mass is 17.2. The molecule has 1 aliphatic heterocycles. The third kappa shape index (κ3) is 3.37. The van der Waals surface area contributed by atoms with E-state index in [9.17, 15) is 4.79 Å². The minimum Gasteiger partial charge on any atom is -0.306 e. The number of carbonyl (C=O) groups excluding carboxylic acids is 1. The molecule has 92 valence electrons. The fraction of sp³-hybridized carbons (Fsp3) is 0.917. The van der Waals surface area contributed by atoms with E-state index < -0.39 is 0 Å². The average Bonchev–Trinajstić information content (AvgIpc) is 2.83. The smallest absolute Gasteiger partial charge is 0.306 e. The molecule has 0 aromatic rings. The molecule has 0 spiro atoms. The fourth-order valence-electron chi connectivity index (χ4n) is 2.49. The summed E-state index contributed by atoms with van der Waals surface area (Å²) >= 11 is 0. The lowest BCUT2D eigenvalue weighted by Gasteiger charge is -2.25. The maximum Gasteiger partial charge on any atom is 0.441 e. The van der Waals surface area contributed by atoms with Crippen LogP contribution in [-0.2, 0) is 9.78 Å². The molecule has 0 aromatic heterocycles. The third-order valence-electron chi connectivity index (χ3n) is 3.52. The molecule has 4 nitrogen and oxygen atoms in total. The Morgan fingerprint density at radius 3 is 2.44 bits per heavy atom. The first-order chi connectivity index (χ1) is 7.86. The molecule has 2 aliphatic rings. The summed E-state index contributed by atoms with van der Waals surface area (Å²) in [5.74, 6) is 0.592. The molecule has 0 aromatic carbocycles. The SMILES string of the molecule is O=C(OOCC1CCCC1)N1CCCCC1. The van der Waals surface area contributed by atoms with Gasteiger partial charge in [0.15, 0.2) is 0 Å². The van der Waals surface area contributed by atoms with E-state index >= 15 is 0 Å². The molecule has 1 saturated heterocycles. The predicted octanol–water partition coefficient (Wildman–Crippen LogP) is 2.73. The van der Waals surface area contributed by atoms with Gasteiger partial charge in [0.2, 0.25) is 0 Å². The maximum absolute atomic E-state index is 11.6. The van der Waals surface area contributed by atoms with Crippen molar-refractivity contribution in [3.63, 3.8) is 0 Å². The van der Waals surface area contributed by atoms with Crippen LogP contribution < -0.4 is 0 Å². The van der Waals surface area contributed by atoms with Crippen LogP contribution in [-0.4, -0.2) is 30.7 Å². The van der Waals surface area contributed by atoms with Gasteiger partial charge in [-0.1, -0.05) is 12.8 Å². The predicted molar refractivity (Wildman–Crippen MR) is 59.8 cm³/mol. The quantitative estimate of drug-likeness (QED) is 0.549. The zero-order valence-corrected chi connectivity index (χ0v) is 9.82. The summed E-state index contributed by atoms with van der Waals surface area (Å²) in [4.78, 5) is 23.2. The molecular weight excluding hydrogens is 206 g/mol. The summed E-state index contributed by atoms with van der Waals surface area (Å²) in [7, 11) is 0. The zero-order chi connectivity index (χ0) is 11.2. The number of piperidine rings is 1. The van der Waals surface area contributed by atoms with Crippen molar-refractivity contribution in [2.75, 3.05) is 19.7 Å². The van der Waals surface area contributed by atoms with Crippen molar-refractivity contribution in [2.24, 2.45) is 5.92 Å². The summed E-state index contributed by atoms with van der Waals surface area (Å²) in [5, 5.41) is 0. The topological polar surface area (TPSA) is 38.8 Å². The second-order valence-corrected chi connectivity index (χ2v) is 4.83. The molecule has 0 atom stereocenters. The lowest BCUT2D eigenvalue weighted by atomic mass is 10.1. The van der Waals surface area contributed by atoms with Crippen molar-refractivity contribution in [1.82, 2.24) is 4.90 Å². The number of carbonyl (C=O) groups is 1. The average molecular weight is 227 g/mol. The van der Waals surface area contributed by atoms with E-state index in [1.54, 1.807) is 4.90 Å². The van der Waals surface area contributed by atoms with E-state index in [-0.39, 0.29) is 6.09 Å². The van der Waals surface area contributed by atoms with E-state index in [0.717, 1.165) is 25.9 Å². The summed E-state index contributed by atoms with van der Waals surface area (Å²) in [6.45, 7) is 2.19. The van der Waals surface area contributed by atoms with Gasteiger partial charge in [0.25, 0.3) is 0 Å². The Morgan fingerprint density at radius 1 is 1.06 bits per heavy atom. The highest BCUT2D eigenvalue weighted by Gasteiger charge is 2.20.